The third kappa shape index (κ3) is 5.62. The molecule has 5 N–H and O–H groups in total. The fraction of sp³-hybridized carbons (Fsp3) is 0.385. The van der Waals surface area contributed by atoms with E-state index in [2.05, 4.69) is 16.7 Å². The lowest BCUT2D eigenvalue weighted by atomic mass is 10.1. The zero-order valence-corrected chi connectivity index (χ0v) is 18.2. The molecule has 1 aromatic carbocycles. The Morgan fingerprint density at radius 2 is 1.52 bits per heavy atom. The van der Waals surface area contributed by atoms with Crippen molar-refractivity contribution < 1.29 is 24.9 Å². The first-order valence-corrected chi connectivity index (χ1v) is 9.62. The van der Waals surface area contributed by atoms with Gasteiger partial charge in [0.15, 0.2) is 0 Å². The second-order valence-corrected chi connectivity index (χ2v) is 7.57. The molecule has 0 aliphatic heterocycles. The van der Waals surface area contributed by atoms with Crippen LogP contribution in [0.4, 0.5) is 0 Å². The lowest BCUT2D eigenvalue weighted by Gasteiger charge is -2.17. The molecule has 1 aromatic rings. The van der Waals surface area contributed by atoms with Crippen LogP contribution in [0, 0.1) is 16.8 Å². The number of nitrogens with one attached hydrogen (secondary N) is 2. The molecule has 0 unspecified atom stereocenters. The molecule has 0 aliphatic carbocycles. The molecule has 23 heavy (non-hydrogen) atoms. The molecule has 1 radical (unpaired) electrons. The van der Waals surface area contributed by atoms with Crippen molar-refractivity contribution in [2.45, 2.75) is 6.04 Å². The average Bonchev–Trinajstić information content (AvgIpc) is 2.49. The molecular formula is C13H14I3N2O5. The van der Waals surface area contributed by atoms with Gasteiger partial charge in [-0.15, -0.1) is 0 Å². The first-order valence-electron chi connectivity index (χ1n) is 6.38. The van der Waals surface area contributed by atoms with Gasteiger partial charge in [-0.25, -0.2) is 0 Å². The van der Waals surface area contributed by atoms with Gasteiger partial charge in [0.1, 0.15) is 0 Å². The molecule has 10 heteroatoms. The molecule has 0 aromatic heterocycles. The van der Waals surface area contributed by atoms with Gasteiger partial charge in [-0.1, -0.05) is 0 Å². The summed E-state index contributed by atoms with van der Waals surface area (Å²) in [6.07, 6.45) is 0. The molecule has 0 spiro atoms. The van der Waals surface area contributed by atoms with Gasteiger partial charge in [0, 0.05) is 23.3 Å². The zero-order chi connectivity index (χ0) is 17.6. The Hall–Kier alpha value is 0.230. The number of benzene rings is 1. The molecule has 0 aliphatic rings. The number of amides is 2. The average molecular weight is 659 g/mol. The van der Waals surface area contributed by atoms with E-state index in [1.165, 1.54) is 0 Å². The van der Waals surface area contributed by atoms with Crippen LogP contribution in [0.5, 0.6) is 0 Å². The van der Waals surface area contributed by atoms with E-state index in [4.69, 9.17) is 15.3 Å². The molecule has 0 heterocycles. The summed E-state index contributed by atoms with van der Waals surface area (Å²) in [7, 11) is 0. The third-order valence-electron chi connectivity index (χ3n) is 2.72. The van der Waals surface area contributed by atoms with Crippen molar-refractivity contribution in [2.24, 2.45) is 0 Å². The van der Waals surface area contributed by atoms with Crippen molar-refractivity contribution in [1.82, 2.24) is 10.6 Å². The van der Waals surface area contributed by atoms with E-state index >= 15 is 0 Å². The normalized spacial score (nSPS) is 10.7. The van der Waals surface area contributed by atoms with Gasteiger partial charge in [-0.3, -0.25) is 9.59 Å². The Labute approximate surface area is 174 Å². The highest BCUT2D eigenvalue weighted by Gasteiger charge is 2.25. The number of halogens is 3. The smallest absolute Gasteiger partial charge is 0.253 e. The maximum absolute atomic E-state index is 12.4. The van der Waals surface area contributed by atoms with Crippen LogP contribution in [0.3, 0.4) is 0 Å². The van der Waals surface area contributed by atoms with Crippen LogP contribution in [-0.4, -0.2) is 59.5 Å². The standard InChI is InChI=1S/C13H14I3N2O5/c14-7-3-8(15)10(13(23)18-6(4-20)5-21)11(16)9(7)12(22)17-1-2-19/h6,19-21H,1-2,4-5H2,(H,17,22)(H,18,23). The van der Waals surface area contributed by atoms with Crippen molar-refractivity contribution in [3.8, 4) is 0 Å². The largest absolute Gasteiger partial charge is 0.395 e. The van der Waals surface area contributed by atoms with Crippen LogP contribution < -0.4 is 10.6 Å². The van der Waals surface area contributed by atoms with E-state index in [0.717, 1.165) is 0 Å². The van der Waals surface area contributed by atoms with Gasteiger partial charge in [-0.05, 0) is 67.8 Å². The van der Waals surface area contributed by atoms with E-state index in [9.17, 15) is 9.59 Å². The Kier molecular flexibility index (Phi) is 9.50. The molecule has 0 atom stereocenters. The van der Waals surface area contributed by atoms with Crippen LogP contribution in [0.1, 0.15) is 20.7 Å². The fourth-order valence-electron chi connectivity index (χ4n) is 1.60. The summed E-state index contributed by atoms with van der Waals surface area (Å²) in [4.78, 5) is 24.6. The van der Waals surface area contributed by atoms with Gasteiger partial charge < -0.3 is 26.0 Å². The number of aliphatic hydroxyl groups excluding tert-OH is 3. The van der Waals surface area contributed by atoms with Crippen molar-refractivity contribution in [2.75, 3.05) is 26.4 Å². The highest BCUT2D eigenvalue weighted by Crippen LogP contribution is 2.27. The molecule has 2 amide bonds. The summed E-state index contributed by atoms with van der Waals surface area (Å²) in [6.45, 7) is -0.870. The molecule has 0 saturated heterocycles. The summed E-state index contributed by atoms with van der Waals surface area (Å²) < 4.78 is 1.53. The van der Waals surface area contributed by atoms with Crippen LogP contribution in [0.15, 0.2) is 0 Å². The number of aliphatic hydroxyl groups is 3. The van der Waals surface area contributed by atoms with Crippen molar-refractivity contribution in [3.63, 3.8) is 0 Å². The molecule has 7 nitrogen and oxygen atoms in total. The molecular weight excluding hydrogens is 645 g/mol. The summed E-state index contributed by atoms with van der Waals surface area (Å²) in [6, 6.07) is 2.18. The Morgan fingerprint density at radius 3 is 2.00 bits per heavy atom. The maximum Gasteiger partial charge on any atom is 0.253 e. The van der Waals surface area contributed by atoms with E-state index in [1.54, 1.807) is 0 Å². The van der Waals surface area contributed by atoms with Crippen LogP contribution >= 0.6 is 67.8 Å². The van der Waals surface area contributed by atoms with E-state index < -0.39 is 31.1 Å². The Balaban J connectivity index is 3.23. The number of rotatable bonds is 7. The maximum atomic E-state index is 12.4. The van der Waals surface area contributed by atoms with Gasteiger partial charge in [0.05, 0.1) is 37.0 Å². The minimum atomic E-state index is -0.778. The van der Waals surface area contributed by atoms with Crippen LogP contribution in [0.2, 0.25) is 0 Å². The van der Waals surface area contributed by atoms with Gasteiger partial charge in [0.25, 0.3) is 11.8 Å². The minimum Gasteiger partial charge on any atom is -0.395 e. The first-order chi connectivity index (χ1) is 10.9. The number of carbonyl (C=O) groups is 2. The highest BCUT2D eigenvalue weighted by atomic mass is 127. The summed E-state index contributed by atoms with van der Waals surface area (Å²) in [5.74, 6) is -0.911. The summed E-state index contributed by atoms with van der Waals surface area (Å²) in [5, 5.41) is 32.0. The monoisotopic (exact) mass is 659 g/mol. The molecule has 127 valence electrons. The van der Waals surface area contributed by atoms with Gasteiger partial charge in [-0.2, -0.15) is 0 Å². The van der Waals surface area contributed by atoms with E-state index in [1.807, 2.05) is 67.8 Å². The second kappa shape index (κ2) is 10.3. The number of carbonyl (C=O) groups excluding carboxylic acids is 2. The van der Waals surface area contributed by atoms with Crippen molar-refractivity contribution in [3.05, 3.63) is 27.9 Å². The minimum absolute atomic E-state index is 0.107. The second-order valence-electron chi connectivity index (χ2n) is 4.33. The third-order valence-corrected chi connectivity index (χ3v) is 5.42. The predicted molar refractivity (Wildman–Crippen MR) is 108 cm³/mol. The topological polar surface area (TPSA) is 119 Å². The Bertz CT molecular complexity index is 593. The lowest BCUT2D eigenvalue weighted by molar-refractivity contribution is 0.0877. The van der Waals surface area contributed by atoms with Crippen molar-refractivity contribution >= 4 is 79.6 Å². The van der Waals surface area contributed by atoms with Crippen LogP contribution in [0.25, 0.3) is 0 Å². The van der Waals surface area contributed by atoms with Gasteiger partial charge in [0.2, 0.25) is 0 Å². The summed E-state index contributed by atoms with van der Waals surface area (Å²) in [5.41, 5.74) is 0.558. The molecule has 0 saturated carbocycles. The Morgan fingerprint density at radius 1 is 1.00 bits per heavy atom. The quantitative estimate of drug-likeness (QED) is 0.267. The number of hydrogen-bond acceptors (Lipinski definition) is 5. The highest BCUT2D eigenvalue weighted by molar-refractivity contribution is 14.1. The molecule has 1 rings (SSSR count). The first kappa shape index (κ1) is 21.3. The summed E-state index contributed by atoms with van der Waals surface area (Å²) >= 11 is 5.81. The lowest BCUT2D eigenvalue weighted by Crippen LogP contribution is -2.41. The van der Waals surface area contributed by atoms with Crippen molar-refractivity contribution in [1.29, 1.82) is 0 Å². The predicted octanol–water partition coefficient (Wildman–Crippen LogP) is 0.106. The SMILES string of the molecule is O=C(NCCO)c1c(I)[c]c(I)c(C(=O)NC(CO)CO)c1I. The van der Waals surface area contributed by atoms with E-state index in [-0.39, 0.29) is 18.7 Å². The molecule has 0 fully saturated rings. The zero-order valence-electron chi connectivity index (χ0n) is 11.7. The van der Waals surface area contributed by atoms with E-state index in [0.29, 0.717) is 16.3 Å². The molecule has 0 bridgehead atoms. The number of hydrogen-bond donors (Lipinski definition) is 5. The van der Waals surface area contributed by atoms with Gasteiger partial charge >= 0.3 is 0 Å². The van der Waals surface area contributed by atoms with Crippen LogP contribution in [-0.2, 0) is 0 Å². The fourth-order valence-corrected chi connectivity index (χ4v) is 5.75.